The molecule has 0 aliphatic carbocycles. The van der Waals surface area contributed by atoms with Crippen LogP contribution >= 0.6 is 0 Å². The minimum Gasteiger partial charge on any atom is -0.295 e. The van der Waals surface area contributed by atoms with Crippen molar-refractivity contribution < 1.29 is 4.79 Å². The highest BCUT2D eigenvalue weighted by molar-refractivity contribution is 5.89. The van der Waals surface area contributed by atoms with Crippen LogP contribution in [0.1, 0.15) is 72.1 Å². The molecule has 15 heavy (non-hydrogen) atoms. The Morgan fingerprint density at radius 2 is 1.60 bits per heavy atom. The highest BCUT2D eigenvalue weighted by atomic mass is 16.1. The van der Waals surface area contributed by atoms with Gasteiger partial charge in [0.05, 0.1) is 0 Å². The molecule has 0 saturated heterocycles. The summed E-state index contributed by atoms with van der Waals surface area (Å²) in [7, 11) is 0. The Labute approximate surface area is 95.0 Å². The van der Waals surface area contributed by atoms with Crippen LogP contribution in [0.5, 0.6) is 0 Å². The average molecular weight is 210 g/mol. The summed E-state index contributed by atoms with van der Waals surface area (Å²) in [5, 5.41) is 0. The Balaban J connectivity index is 3.42. The lowest BCUT2D eigenvalue weighted by Crippen LogP contribution is -1.91. The van der Waals surface area contributed by atoms with Crippen molar-refractivity contribution in [1.82, 2.24) is 0 Å². The second kappa shape index (κ2) is 9.95. The molecule has 1 heteroatoms. The summed E-state index contributed by atoms with van der Waals surface area (Å²) in [5.74, 6) is 0.262. The SMILES string of the molecule is CCCCCCCC/C(C)=C/C(=O)CC. The molecule has 0 aliphatic heterocycles. The molecular weight excluding hydrogens is 184 g/mol. The smallest absolute Gasteiger partial charge is 0.155 e. The summed E-state index contributed by atoms with van der Waals surface area (Å²) in [6.45, 7) is 6.22. The lowest BCUT2D eigenvalue weighted by atomic mass is 10.0. The zero-order chi connectivity index (χ0) is 11.5. The first kappa shape index (κ1) is 14.4. The molecule has 1 nitrogen and oxygen atoms in total. The summed E-state index contributed by atoms with van der Waals surface area (Å²) < 4.78 is 0. The number of hydrogen-bond acceptors (Lipinski definition) is 1. The molecule has 0 N–H and O–H groups in total. The number of carbonyl (C=O) groups excluding carboxylic acids is 1. The van der Waals surface area contributed by atoms with Gasteiger partial charge in [-0.1, -0.05) is 51.5 Å². The lowest BCUT2D eigenvalue weighted by Gasteiger charge is -2.01. The summed E-state index contributed by atoms with van der Waals surface area (Å²) in [5.41, 5.74) is 1.25. The molecule has 0 aromatic heterocycles. The molecule has 0 heterocycles. The highest BCUT2D eigenvalue weighted by Gasteiger charge is 1.96. The van der Waals surface area contributed by atoms with Crippen LogP contribution in [0.4, 0.5) is 0 Å². The van der Waals surface area contributed by atoms with Gasteiger partial charge in [0.15, 0.2) is 5.78 Å². The van der Waals surface area contributed by atoms with Gasteiger partial charge in [0, 0.05) is 6.42 Å². The predicted molar refractivity (Wildman–Crippen MR) is 67.0 cm³/mol. The van der Waals surface area contributed by atoms with Crippen molar-refractivity contribution in [2.45, 2.75) is 72.1 Å². The van der Waals surface area contributed by atoms with E-state index in [-0.39, 0.29) is 5.78 Å². The third-order valence-corrected chi connectivity index (χ3v) is 2.68. The molecule has 0 unspecified atom stereocenters. The first-order valence-electron chi connectivity index (χ1n) is 6.40. The molecule has 0 aromatic carbocycles. The van der Waals surface area contributed by atoms with E-state index in [9.17, 15) is 4.79 Å². The van der Waals surface area contributed by atoms with Crippen LogP contribution < -0.4 is 0 Å². The highest BCUT2D eigenvalue weighted by Crippen LogP contribution is 2.11. The fourth-order valence-corrected chi connectivity index (χ4v) is 1.63. The summed E-state index contributed by atoms with van der Waals surface area (Å²) >= 11 is 0. The van der Waals surface area contributed by atoms with Gasteiger partial charge in [0.2, 0.25) is 0 Å². The summed E-state index contributed by atoms with van der Waals surface area (Å²) in [6, 6.07) is 0. The topological polar surface area (TPSA) is 17.1 Å². The van der Waals surface area contributed by atoms with E-state index in [2.05, 4.69) is 13.8 Å². The third-order valence-electron chi connectivity index (χ3n) is 2.68. The molecule has 0 atom stereocenters. The zero-order valence-electron chi connectivity index (χ0n) is 10.6. The molecule has 0 rings (SSSR count). The van der Waals surface area contributed by atoms with Gasteiger partial charge in [-0.25, -0.2) is 0 Å². The molecular formula is C14H26O. The van der Waals surface area contributed by atoms with Crippen LogP contribution in [0.15, 0.2) is 11.6 Å². The molecule has 0 radical (unpaired) electrons. The van der Waals surface area contributed by atoms with E-state index in [4.69, 9.17) is 0 Å². The number of unbranched alkanes of at least 4 members (excludes halogenated alkanes) is 5. The Morgan fingerprint density at radius 1 is 1.00 bits per heavy atom. The first-order valence-corrected chi connectivity index (χ1v) is 6.40. The monoisotopic (exact) mass is 210 g/mol. The summed E-state index contributed by atoms with van der Waals surface area (Å²) in [4.78, 5) is 11.1. The molecule has 0 amide bonds. The van der Waals surface area contributed by atoms with Crippen molar-refractivity contribution in [3.8, 4) is 0 Å². The van der Waals surface area contributed by atoms with Crippen molar-refractivity contribution in [1.29, 1.82) is 0 Å². The molecule has 0 bridgehead atoms. The number of ketones is 1. The van der Waals surface area contributed by atoms with Gasteiger partial charge in [-0.15, -0.1) is 0 Å². The van der Waals surface area contributed by atoms with Crippen LogP contribution in [-0.4, -0.2) is 5.78 Å². The van der Waals surface area contributed by atoms with E-state index in [0.717, 1.165) is 6.42 Å². The van der Waals surface area contributed by atoms with Gasteiger partial charge in [-0.3, -0.25) is 4.79 Å². The number of carbonyl (C=O) groups is 1. The maximum atomic E-state index is 11.1. The van der Waals surface area contributed by atoms with Crippen molar-refractivity contribution in [3.63, 3.8) is 0 Å². The van der Waals surface area contributed by atoms with Crippen LogP contribution in [0.25, 0.3) is 0 Å². The largest absolute Gasteiger partial charge is 0.295 e. The summed E-state index contributed by atoms with van der Waals surface area (Å²) in [6.07, 6.45) is 11.5. The molecule has 0 saturated carbocycles. The van der Waals surface area contributed by atoms with Crippen LogP contribution in [0.3, 0.4) is 0 Å². The quantitative estimate of drug-likeness (QED) is 0.399. The van der Waals surface area contributed by atoms with E-state index < -0.39 is 0 Å². The number of rotatable bonds is 9. The van der Waals surface area contributed by atoms with Crippen LogP contribution in [0, 0.1) is 0 Å². The minimum atomic E-state index is 0.262. The Kier molecular flexibility index (Phi) is 9.55. The Morgan fingerprint density at radius 3 is 2.20 bits per heavy atom. The van der Waals surface area contributed by atoms with E-state index in [1.54, 1.807) is 0 Å². The maximum Gasteiger partial charge on any atom is 0.155 e. The van der Waals surface area contributed by atoms with E-state index in [1.165, 1.54) is 44.1 Å². The Bertz CT molecular complexity index is 192. The van der Waals surface area contributed by atoms with Gasteiger partial charge in [-0.2, -0.15) is 0 Å². The maximum absolute atomic E-state index is 11.1. The molecule has 0 aromatic rings. The van der Waals surface area contributed by atoms with Gasteiger partial charge in [0.1, 0.15) is 0 Å². The van der Waals surface area contributed by atoms with Gasteiger partial charge < -0.3 is 0 Å². The van der Waals surface area contributed by atoms with Gasteiger partial charge in [-0.05, 0) is 25.8 Å². The molecule has 0 aliphatic rings. The lowest BCUT2D eigenvalue weighted by molar-refractivity contribution is -0.114. The van der Waals surface area contributed by atoms with Crippen molar-refractivity contribution in [2.24, 2.45) is 0 Å². The molecule has 0 spiro atoms. The first-order chi connectivity index (χ1) is 7.20. The number of hydrogen-bond donors (Lipinski definition) is 0. The zero-order valence-corrected chi connectivity index (χ0v) is 10.6. The fourth-order valence-electron chi connectivity index (χ4n) is 1.63. The van der Waals surface area contributed by atoms with Crippen LogP contribution in [-0.2, 0) is 4.79 Å². The average Bonchev–Trinajstić information content (AvgIpc) is 2.23. The van der Waals surface area contributed by atoms with Crippen molar-refractivity contribution >= 4 is 5.78 Å². The van der Waals surface area contributed by atoms with E-state index in [0.29, 0.717) is 6.42 Å². The number of allylic oxidation sites excluding steroid dienone is 2. The normalized spacial score (nSPS) is 11.8. The van der Waals surface area contributed by atoms with Crippen molar-refractivity contribution in [2.75, 3.05) is 0 Å². The predicted octanol–water partition coefficient (Wildman–Crippen LogP) is 4.66. The second-order valence-electron chi connectivity index (χ2n) is 4.33. The fraction of sp³-hybridized carbons (Fsp3) is 0.786. The van der Waals surface area contributed by atoms with E-state index >= 15 is 0 Å². The van der Waals surface area contributed by atoms with Crippen molar-refractivity contribution in [3.05, 3.63) is 11.6 Å². The minimum absolute atomic E-state index is 0.262. The van der Waals surface area contributed by atoms with Gasteiger partial charge in [0.25, 0.3) is 0 Å². The van der Waals surface area contributed by atoms with Crippen LogP contribution in [0.2, 0.25) is 0 Å². The standard InChI is InChI=1S/C14H26O/c1-4-6-7-8-9-10-11-13(3)12-14(15)5-2/h12H,4-11H2,1-3H3/b13-12+. The molecule has 0 fully saturated rings. The Hall–Kier alpha value is -0.590. The van der Waals surface area contributed by atoms with Gasteiger partial charge >= 0.3 is 0 Å². The third kappa shape index (κ3) is 9.71. The molecule has 88 valence electrons. The second-order valence-corrected chi connectivity index (χ2v) is 4.33. The van der Waals surface area contributed by atoms with E-state index in [1.807, 2.05) is 13.0 Å².